The monoisotopic (exact) mass is 327 g/mol. The van der Waals surface area contributed by atoms with Crippen molar-refractivity contribution in [2.45, 2.75) is 5.54 Å². The van der Waals surface area contributed by atoms with Crippen molar-refractivity contribution < 1.29 is 4.79 Å². The molecule has 0 aliphatic carbocycles. The zero-order chi connectivity index (χ0) is 14.2. The van der Waals surface area contributed by atoms with Gasteiger partial charge < -0.3 is 10.6 Å². The molecule has 4 nitrogen and oxygen atoms in total. The van der Waals surface area contributed by atoms with Gasteiger partial charge in [0, 0.05) is 21.4 Å². The lowest BCUT2D eigenvalue weighted by Crippen LogP contribution is -2.40. The normalized spacial score (nSPS) is 19.9. The van der Waals surface area contributed by atoms with Crippen molar-refractivity contribution in [2.24, 2.45) is 0 Å². The molecule has 1 aliphatic heterocycles. The Morgan fingerprint density at radius 1 is 1.20 bits per heavy atom. The molecule has 0 saturated heterocycles. The van der Waals surface area contributed by atoms with E-state index < -0.39 is 5.54 Å². The van der Waals surface area contributed by atoms with E-state index in [-0.39, 0.29) is 5.91 Å². The van der Waals surface area contributed by atoms with Gasteiger partial charge in [-0.15, -0.1) is 0 Å². The number of anilines is 2. The van der Waals surface area contributed by atoms with Gasteiger partial charge in [0.25, 0.3) is 5.91 Å². The minimum Gasteiger partial charge on any atom is -0.356 e. The number of fused-ring (bicyclic) bond motifs is 1. The highest BCUT2D eigenvalue weighted by Gasteiger charge is 2.47. The summed E-state index contributed by atoms with van der Waals surface area (Å²) in [4.78, 5) is 12.3. The smallest absolute Gasteiger partial charge is 0.269 e. The molecule has 2 aromatic rings. The highest BCUT2D eigenvalue weighted by Crippen LogP contribution is 2.38. The molecule has 1 amide bonds. The number of nitrogens with one attached hydrogen (secondary N) is 2. The Kier molecular flexibility index (Phi) is 2.96. The van der Waals surface area contributed by atoms with E-state index >= 15 is 0 Å². The van der Waals surface area contributed by atoms with Crippen molar-refractivity contribution >= 4 is 33.2 Å². The van der Waals surface area contributed by atoms with Crippen molar-refractivity contribution in [1.29, 1.82) is 5.26 Å². The second-order valence-corrected chi connectivity index (χ2v) is 5.41. The molecule has 0 bridgehead atoms. The third kappa shape index (κ3) is 1.86. The lowest BCUT2D eigenvalue weighted by Gasteiger charge is -2.22. The van der Waals surface area contributed by atoms with E-state index in [1.165, 1.54) is 0 Å². The van der Waals surface area contributed by atoms with Crippen molar-refractivity contribution in [2.75, 3.05) is 10.6 Å². The third-order valence-electron chi connectivity index (χ3n) is 3.24. The number of para-hydroxylation sites is 1. The molecule has 0 fully saturated rings. The average molecular weight is 328 g/mol. The number of hydrogen-bond acceptors (Lipinski definition) is 3. The summed E-state index contributed by atoms with van der Waals surface area (Å²) in [5.41, 5.74) is 0.624. The van der Waals surface area contributed by atoms with Crippen LogP contribution in [0.25, 0.3) is 0 Å². The first-order chi connectivity index (χ1) is 9.65. The molecule has 1 aliphatic rings. The molecular weight excluding hydrogens is 318 g/mol. The highest BCUT2D eigenvalue weighted by molar-refractivity contribution is 9.10. The van der Waals surface area contributed by atoms with Crippen molar-refractivity contribution in [1.82, 2.24) is 0 Å². The fourth-order valence-corrected chi connectivity index (χ4v) is 2.70. The Morgan fingerprint density at radius 2 is 2.00 bits per heavy atom. The van der Waals surface area contributed by atoms with E-state index in [0.29, 0.717) is 16.9 Å². The van der Waals surface area contributed by atoms with Crippen LogP contribution in [-0.2, 0) is 10.3 Å². The van der Waals surface area contributed by atoms with Crippen molar-refractivity contribution in [3.8, 4) is 6.07 Å². The SMILES string of the molecule is N#C[C@]1(Nc2cccc(Br)c2)C(=O)Nc2ccccc21. The van der Waals surface area contributed by atoms with Crippen LogP contribution in [0.2, 0.25) is 0 Å². The second-order valence-electron chi connectivity index (χ2n) is 4.50. The quantitative estimate of drug-likeness (QED) is 0.889. The van der Waals surface area contributed by atoms with Crippen LogP contribution < -0.4 is 10.6 Å². The van der Waals surface area contributed by atoms with E-state index in [1.54, 1.807) is 12.1 Å². The first kappa shape index (κ1) is 12.7. The Morgan fingerprint density at radius 3 is 2.75 bits per heavy atom. The second kappa shape index (κ2) is 4.66. The maximum Gasteiger partial charge on any atom is 0.269 e. The van der Waals surface area contributed by atoms with Crippen molar-refractivity contribution in [3.63, 3.8) is 0 Å². The van der Waals surface area contributed by atoms with Gasteiger partial charge in [0.2, 0.25) is 5.54 Å². The molecule has 98 valence electrons. The minimum atomic E-state index is -1.39. The predicted octanol–water partition coefficient (Wildman–Crippen LogP) is 3.23. The first-order valence-electron chi connectivity index (χ1n) is 6.02. The molecule has 0 saturated carbocycles. The predicted molar refractivity (Wildman–Crippen MR) is 80.1 cm³/mol. The number of benzene rings is 2. The number of nitriles is 1. The van der Waals surface area contributed by atoms with Gasteiger partial charge in [-0.05, 0) is 24.3 Å². The molecule has 20 heavy (non-hydrogen) atoms. The fraction of sp³-hybridized carbons (Fsp3) is 0.0667. The van der Waals surface area contributed by atoms with Gasteiger partial charge in [-0.2, -0.15) is 5.26 Å². The first-order valence-corrected chi connectivity index (χ1v) is 6.81. The molecule has 3 rings (SSSR count). The summed E-state index contributed by atoms with van der Waals surface area (Å²) in [6.07, 6.45) is 0. The van der Waals surface area contributed by atoms with Gasteiger partial charge >= 0.3 is 0 Å². The summed E-state index contributed by atoms with van der Waals surface area (Å²) >= 11 is 3.37. The van der Waals surface area contributed by atoms with Crippen LogP contribution in [0.4, 0.5) is 11.4 Å². The number of rotatable bonds is 2. The summed E-state index contributed by atoms with van der Waals surface area (Å²) in [5.74, 6) is -0.360. The third-order valence-corrected chi connectivity index (χ3v) is 3.74. The minimum absolute atomic E-state index is 0.360. The number of carbonyl (C=O) groups is 1. The molecule has 0 radical (unpaired) electrons. The van der Waals surface area contributed by atoms with Gasteiger partial charge in [0.1, 0.15) is 6.07 Å². The number of halogens is 1. The van der Waals surface area contributed by atoms with Gasteiger partial charge in [-0.3, -0.25) is 4.79 Å². The number of carbonyl (C=O) groups excluding carboxylic acids is 1. The van der Waals surface area contributed by atoms with Gasteiger partial charge in [0.05, 0.1) is 0 Å². The van der Waals surface area contributed by atoms with Crippen LogP contribution in [0, 0.1) is 11.3 Å². The van der Waals surface area contributed by atoms with E-state index in [0.717, 1.165) is 4.47 Å². The molecule has 2 aromatic carbocycles. The number of amides is 1. The molecule has 0 spiro atoms. The van der Waals surface area contributed by atoms with Crippen molar-refractivity contribution in [3.05, 3.63) is 58.6 Å². The van der Waals surface area contributed by atoms with Gasteiger partial charge in [-0.1, -0.05) is 40.2 Å². The molecule has 0 aromatic heterocycles. The van der Waals surface area contributed by atoms with Crippen LogP contribution in [0.3, 0.4) is 0 Å². The fourth-order valence-electron chi connectivity index (χ4n) is 2.30. The van der Waals surface area contributed by atoms with Gasteiger partial charge in [-0.25, -0.2) is 0 Å². The van der Waals surface area contributed by atoms with Crippen LogP contribution >= 0.6 is 15.9 Å². The molecule has 1 atom stereocenters. The maximum absolute atomic E-state index is 12.3. The summed E-state index contributed by atoms with van der Waals surface area (Å²) in [7, 11) is 0. The van der Waals surface area contributed by atoms with Crippen LogP contribution in [0.15, 0.2) is 53.0 Å². The number of nitrogens with zero attached hydrogens (tertiary/aromatic N) is 1. The highest BCUT2D eigenvalue weighted by atomic mass is 79.9. The molecule has 1 heterocycles. The van der Waals surface area contributed by atoms with E-state index in [4.69, 9.17) is 0 Å². The summed E-state index contributed by atoms with van der Waals surface area (Å²) in [6, 6.07) is 16.7. The van der Waals surface area contributed by atoms with E-state index in [2.05, 4.69) is 32.6 Å². The molecule has 0 unspecified atom stereocenters. The van der Waals surface area contributed by atoms with Crippen LogP contribution in [0.5, 0.6) is 0 Å². The average Bonchev–Trinajstić information content (AvgIpc) is 2.72. The summed E-state index contributed by atoms with van der Waals surface area (Å²) in [6.45, 7) is 0. The summed E-state index contributed by atoms with van der Waals surface area (Å²) < 4.78 is 0.877. The molecule has 2 N–H and O–H groups in total. The summed E-state index contributed by atoms with van der Waals surface area (Å²) in [5, 5.41) is 15.4. The Hall–Kier alpha value is -2.32. The van der Waals surface area contributed by atoms with Crippen LogP contribution in [-0.4, -0.2) is 5.91 Å². The van der Waals surface area contributed by atoms with E-state index in [9.17, 15) is 10.1 Å². The Bertz CT molecular complexity index is 738. The molecular formula is C15H10BrN3O. The van der Waals surface area contributed by atoms with E-state index in [1.807, 2.05) is 36.4 Å². The zero-order valence-corrected chi connectivity index (χ0v) is 11.9. The molecule has 5 heteroatoms. The Balaban J connectivity index is 2.09. The zero-order valence-electron chi connectivity index (χ0n) is 10.4. The standard InChI is InChI=1S/C15H10BrN3O/c16-10-4-3-5-11(8-10)19-15(9-17)12-6-1-2-7-13(12)18-14(15)20/h1-8,19H,(H,18,20)/t15-/m1/s1. The largest absolute Gasteiger partial charge is 0.356 e. The maximum atomic E-state index is 12.3. The van der Waals surface area contributed by atoms with Crippen LogP contribution in [0.1, 0.15) is 5.56 Å². The Labute approximate surface area is 124 Å². The van der Waals surface area contributed by atoms with Gasteiger partial charge in [0.15, 0.2) is 0 Å². The lowest BCUT2D eigenvalue weighted by molar-refractivity contribution is -0.118. The lowest BCUT2D eigenvalue weighted by atomic mass is 9.92. The number of hydrogen-bond donors (Lipinski definition) is 2. The topological polar surface area (TPSA) is 64.9 Å².